The molecule has 0 radical (unpaired) electrons. The van der Waals surface area contributed by atoms with E-state index in [0.29, 0.717) is 12.6 Å². The third kappa shape index (κ3) is 3.39. The van der Waals surface area contributed by atoms with E-state index < -0.39 is 0 Å². The molecule has 0 spiro atoms. The van der Waals surface area contributed by atoms with Crippen LogP contribution in [0.4, 0.5) is 0 Å². The number of carbonyl (C=O) groups is 2. The Morgan fingerprint density at radius 3 is 2.14 bits per heavy atom. The summed E-state index contributed by atoms with van der Waals surface area (Å²) in [5.74, 6) is 0. The lowest BCUT2D eigenvalue weighted by Gasteiger charge is -1.70. The normalized spacial score (nSPS) is 10.7. The Hall–Kier alpha value is -0.440. The van der Waals surface area contributed by atoms with Crippen LogP contribution >= 0.6 is 15.9 Å². The number of allylic oxidation sites excluding steroid dienone is 2. The van der Waals surface area contributed by atoms with Crippen LogP contribution in [0.5, 0.6) is 0 Å². The van der Waals surface area contributed by atoms with Crippen molar-refractivity contribution in [2.45, 2.75) is 0 Å². The molecule has 0 aliphatic heterocycles. The predicted molar refractivity (Wildman–Crippen MR) is 29.1 cm³/mol. The molecular formula is C4H3BrO2. The van der Waals surface area contributed by atoms with Crippen molar-refractivity contribution in [3.05, 3.63) is 10.6 Å². The smallest absolute Gasteiger partial charge is 0.157 e. The van der Waals surface area contributed by atoms with Crippen molar-refractivity contribution in [1.82, 2.24) is 0 Å². The molecule has 0 N–H and O–H groups in total. The van der Waals surface area contributed by atoms with Crippen LogP contribution in [-0.4, -0.2) is 12.6 Å². The van der Waals surface area contributed by atoms with Gasteiger partial charge in [0.15, 0.2) is 6.29 Å². The molecule has 0 rings (SSSR count). The van der Waals surface area contributed by atoms with Crippen LogP contribution in [0, 0.1) is 0 Å². The van der Waals surface area contributed by atoms with E-state index in [2.05, 4.69) is 15.9 Å². The van der Waals surface area contributed by atoms with E-state index in [1.54, 1.807) is 0 Å². The van der Waals surface area contributed by atoms with Gasteiger partial charge in [0, 0.05) is 0 Å². The molecule has 2 nitrogen and oxygen atoms in total. The highest BCUT2D eigenvalue weighted by molar-refractivity contribution is 9.12. The fourth-order valence-electron chi connectivity index (χ4n) is 0.104. The molecule has 7 heavy (non-hydrogen) atoms. The standard InChI is InChI=1S/C4H3BrO2/c5-4(3-7)1-2-6/h1-3H/b4-1+. The lowest BCUT2D eigenvalue weighted by atomic mass is 10.6. The summed E-state index contributed by atoms with van der Waals surface area (Å²) in [6.45, 7) is 0. The molecule has 0 aliphatic carbocycles. The summed E-state index contributed by atoms with van der Waals surface area (Å²) in [5, 5.41) is 0. The number of aldehydes is 2. The van der Waals surface area contributed by atoms with Crippen LogP contribution in [0.2, 0.25) is 0 Å². The van der Waals surface area contributed by atoms with E-state index in [0.717, 1.165) is 6.08 Å². The van der Waals surface area contributed by atoms with Crippen LogP contribution in [0.25, 0.3) is 0 Å². The molecule has 0 aliphatic rings. The molecule has 3 heteroatoms. The van der Waals surface area contributed by atoms with Crippen molar-refractivity contribution in [3.8, 4) is 0 Å². The van der Waals surface area contributed by atoms with E-state index in [1.807, 2.05) is 0 Å². The molecular weight excluding hydrogens is 160 g/mol. The summed E-state index contributed by atoms with van der Waals surface area (Å²) >= 11 is 2.80. The van der Waals surface area contributed by atoms with E-state index in [4.69, 9.17) is 0 Å². The molecule has 0 aromatic rings. The topological polar surface area (TPSA) is 34.1 Å². The highest BCUT2D eigenvalue weighted by Gasteiger charge is 1.79. The molecule has 0 bridgehead atoms. The summed E-state index contributed by atoms with van der Waals surface area (Å²) in [6, 6.07) is 0. The maximum absolute atomic E-state index is 9.62. The molecule has 0 unspecified atom stereocenters. The molecule has 0 amide bonds. The van der Waals surface area contributed by atoms with Crippen LogP contribution < -0.4 is 0 Å². The third-order valence-corrected chi connectivity index (χ3v) is 0.791. The monoisotopic (exact) mass is 162 g/mol. The maximum Gasteiger partial charge on any atom is 0.157 e. The van der Waals surface area contributed by atoms with Crippen molar-refractivity contribution in [2.75, 3.05) is 0 Å². The van der Waals surface area contributed by atoms with Crippen molar-refractivity contribution in [3.63, 3.8) is 0 Å². The zero-order valence-corrected chi connectivity index (χ0v) is 5.01. The van der Waals surface area contributed by atoms with E-state index in [1.165, 1.54) is 0 Å². The Bertz CT molecular complexity index is 106. The zero-order valence-electron chi connectivity index (χ0n) is 3.43. The fourth-order valence-corrected chi connectivity index (χ4v) is 0.212. The molecule has 0 heterocycles. The van der Waals surface area contributed by atoms with Gasteiger partial charge >= 0.3 is 0 Å². The van der Waals surface area contributed by atoms with Gasteiger partial charge in [-0.15, -0.1) is 0 Å². The molecule has 0 saturated heterocycles. The Morgan fingerprint density at radius 2 is 2.00 bits per heavy atom. The average molecular weight is 163 g/mol. The highest BCUT2D eigenvalue weighted by Crippen LogP contribution is 1.95. The highest BCUT2D eigenvalue weighted by atomic mass is 79.9. The van der Waals surface area contributed by atoms with Crippen molar-refractivity contribution in [2.24, 2.45) is 0 Å². The van der Waals surface area contributed by atoms with Crippen molar-refractivity contribution >= 4 is 28.5 Å². The minimum absolute atomic E-state index is 0.266. The first kappa shape index (κ1) is 6.56. The molecule has 0 saturated carbocycles. The SMILES string of the molecule is O=C/C=C(/Br)C=O. The number of halogens is 1. The van der Waals surface area contributed by atoms with Crippen LogP contribution in [0.15, 0.2) is 10.6 Å². The summed E-state index contributed by atoms with van der Waals surface area (Å²) < 4.78 is 0.266. The minimum Gasteiger partial charge on any atom is -0.299 e. The van der Waals surface area contributed by atoms with Gasteiger partial charge in [0.05, 0.1) is 4.48 Å². The zero-order chi connectivity index (χ0) is 5.70. The van der Waals surface area contributed by atoms with Gasteiger partial charge in [0.25, 0.3) is 0 Å². The minimum atomic E-state index is 0.266. The van der Waals surface area contributed by atoms with Crippen LogP contribution in [0.3, 0.4) is 0 Å². The van der Waals surface area contributed by atoms with Gasteiger partial charge in [-0.05, 0) is 22.0 Å². The van der Waals surface area contributed by atoms with Gasteiger partial charge in [-0.2, -0.15) is 0 Å². The van der Waals surface area contributed by atoms with Gasteiger partial charge < -0.3 is 0 Å². The lowest BCUT2D eigenvalue weighted by molar-refractivity contribution is -0.106. The number of hydrogen-bond acceptors (Lipinski definition) is 2. The molecule has 0 aromatic carbocycles. The number of rotatable bonds is 2. The molecule has 0 atom stereocenters. The Balaban J connectivity index is 3.72. The molecule has 0 fully saturated rings. The summed E-state index contributed by atoms with van der Waals surface area (Å²) in [7, 11) is 0. The Labute approximate surface area is 49.3 Å². The summed E-state index contributed by atoms with van der Waals surface area (Å²) in [6.07, 6.45) is 2.22. The fraction of sp³-hybridized carbons (Fsp3) is 0. The maximum atomic E-state index is 9.62. The number of hydrogen-bond donors (Lipinski definition) is 0. The second-order valence-electron chi connectivity index (χ2n) is 0.805. The first-order valence-electron chi connectivity index (χ1n) is 1.57. The first-order valence-corrected chi connectivity index (χ1v) is 2.36. The van der Waals surface area contributed by atoms with E-state index in [-0.39, 0.29) is 4.48 Å². The second kappa shape index (κ2) is 3.74. The summed E-state index contributed by atoms with van der Waals surface area (Å²) in [4.78, 5) is 19.1. The van der Waals surface area contributed by atoms with Gasteiger partial charge in [-0.3, -0.25) is 9.59 Å². The molecule has 0 aromatic heterocycles. The van der Waals surface area contributed by atoms with Crippen LogP contribution in [0.1, 0.15) is 0 Å². The number of carbonyl (C=O) groups excluding carboxylic acids is 2. The van der Waals surface area contributed by atoms with Gasteiger partial charge in [-0.1, -0.05) is 0 Å². The largest absolute Gasteiger partial charge is 0.299 e. The van der Waals surface area contributed by atoms with Crippen LogP contribution in [-0.2, 0) is 9.59 Å². The Morgan fingerprint density at radius 1 is 1.43 bits per heavy atom. The summed E-state index contributed by atoms with van der Waals surface area (Å²) in [5.41, 5.74) is 0. The van der Waals surface area contributed by atoms with Gasteiger partial charge in [0.2, 0.25) is 0 Å². The Kier molecular flexibility index (Phi) is 3.50. The van der Waals surface area contributed by atoms with Gasteiger partial charge in [0.1, 0.15) is 6.29 Å². The predicted octanol–water partition coefficient (Wildman–Crippen LogP) is 0.663. The van der Waals surface area contributed by atoms with E-state index >= 15 is 0 Å². The average Bonchev–Trinajstić information content (AvgIpc) is 1.68. The third-order valence-electron chi connectivity index (χ3n) is 0.340. The quantitative estimate of drug-likeness (QED) is 0.442. The molecule has 38 valence electrons. The van der Waals surface area contributed by atoms with Gasteiger partial charge in [-0.25, -0.2) is 0 Å². The van der Waals surface area contributed by atoms with Crippen molar-refractivity contribution in [1.29, 1.82) is 0 Å². The van der Waals surface area contributed by atoms with Crippen molar-refractivity contribution < 1.29 is 9.59 Å². The first-order chi connectivity index (χ1) is 3.31. The van der Waals surface area contributed by atoms with E-state index in [9.17, 15) is 9.59 Å². The lowest BCUT2D eigenvalue weighted by Crippen LogP contribution is -1.69. The second-order valence-corrected chi connectivity index (χ2v) is 1.72.